The molecule has 1 amide bonds. The van der Waals surface area contributed by atoms with E-state index in [9.17, 15) is 9.59 Å². The maximum Gasteiger partial charge on any atom is 0.336 e. The molecule has 1 heterocycles. The Morgan fingerprint density at radius 3 is 2.96 bits per heavy atom. The summed E-state index contributed by atoms with van der Waals surface area (Å²) in [5.74, 6) is -0.622. The second-order valence-corrected chi connectivity index (χ2v) is 7.14. The highest BCUT2D eigenvalue weighted by molar-refractivity contribution is 7.14. The van der Waals surface area contributed by atoms with Crippen molar-refractivity contribution in [3.8, 4) is 0 Å². The number of fused-ring (bicyclic) bond motifs is 1. The first-order valence-corrected chi connectivity index (χ1v) is 8.63. The Morgan fingerprint density at radius 2 is 2.17 bits per heavy atom. The van der Waals surface area contributed by atoms with Crippen molar-refractivity contribution in [2.75, 3.05) is 0 Å². The average molecular weight is 342 g/mol. The average Bonchev–Trinajstić information content (AvgIpc) is 2.98. The monoisotopic (exact) mass is 342 g/mol. The molecule has 24 heavy (non-hydrogen) atoms. The highest BCUT2D eigenvalue weighted by Gasteiger charge is 2.20. The predicted octanol–water partition coefficient (Wildman–Crippen LogP) is 3.34. The number of nitrogens with zero attached hydrogens (tertiary/aromatic N) is 1. The van der Waals surface area contributed by atoms with Gasteiger partial charge < -0.3 is 5.11 Å². The van der Waals surface area contributed by atoms with Crippen LogP contribution >= 0.6 is 11.3 Å². The Labute approximate surface area is 144 Å². The van der Waals surface area contributed by atoms with Crippen molar-refractivity contribution in [3.63, 3.8) is 0 Å². The van der Waals surface area contributed by atoms with Gasteiger partial charge in [-0.2, -0.15) is 5.10 Å². The summed E-state index contributed by atoms with van der Waals surface area (Å²) in [6.45, 7) is 2.23. The van der Waals surface area contributed by atoms with Gasteiger partial charge in [0.2, 0.25) is 0 Å². The fourth-order valence-corrected chi connectivity index (χ4v) is 3.94. The molecular weight excluding hydrogens is 324 g/mol. The summed E-state index contributed by atoms with van der Waals surface area (Å²) in [4.78, 5) is 25.3. The van der Waals surface area contributed by atoms with Gasteiger partial charge in [0.25, 0.3) is 5.91 Å². The predicted molar refractivity (Wildman–Crippen MR) is 94.0 cm³/mol. The zero-order valence-corrected chi connectivity index (χ0v) is 14.1. The Hall–Kier alpha value is -2.47. The third kappa shape index (κ3) is 3.54. The van der Waals surface area contributed by atoms with Crippen molar-refractivity contribution in [2.24, 2.45) is 11.0 Å². The van der Waals surface area contributed by atoms with Crippen LogP contribution < -0.4 is 5.43 Å². The topological polar surface area (TPSA) is 78.8 Å². The summed E-state index contributed by atoms with van der Waals surface area (Å²) in [6.07, 6.45) is 4.58. The fraction of sp³-hybridized carbons (Fsp3) is 0.278. The molecule has 0 aliphatic heterocycles. The van der Waals surface area contributed by atoms with Crippen molar-refractivity contribution < 1.29 is 14.7 Å². The van der Waals surface area contributed by atoms with Crippen LogP contribution in [0, 0.1) is 5.92 Å². The molecule has 2 N–H and O–H groups in total. The van der Waals surface area contributed by atoms with Gasteiger partial charge in [0, 0.05) is 10.4 Å². The molecule has 2 aromatic rings. The van der Waals surface area contributed by atoms with Gasteiger partial charge in [-0.05, 0) is 42.9 Å². The molecule has 6 heteroatoms. The molecular formula is C18H18N2O3S. The number of thiophene rings is 1. The lowest BCUT2D eigenvalue weighted by molar-refractivity contribution is 0.0696. The number of hydrogen-bond donors (Lipinski definition) is 2. The summed E-state index contributed by atoms with van der Waals surface area (Å²) < 4.78 is 0. The van der Waals surface area contributed by atoms with Crippen LogP contribution in [0.25, 0.3) is 0 Å². The Kier molecular flexibility index (Phi) is 4.76. The third-order valence-corrected chi connectivity index (χ3v) is 5.35. The third-order valence-electron chi connectivity index (χ3n) is 4.11. The molecule has 0 fully saturated rings. The lowest BCUT2D eigenvalue weighted by Gasteiger charge is -2.16. The number of rotatable bonds is 4. The van der Waals surface area contributed by atoms with Crippen molar-refractivity contribution in [2.45, 2.75) is 26.2 Å². The molecule has 0 saturated carbocycles. The van der Waals surface area contributed by atoms with Crippen molar-refractivity contribution >= 4 is 29.4 Å². The number of amides is 1. The lowest BCUT2D eigenvalue weighted by Crippen LogP contribution is -2.16. The Morgan fingerprint density at radius 1 is 1.38 bits per heavy atom. The van der Waals surface area contributed by atoms with E-state index in [1.165, 1.54) is 40.5 Å². The number of carboxylic acids is 1. The quantitative estimate of drug-likeness (QED) is 0.661. The molecule has 5 nitrogen and oxygen atoms in total. The van der Waals surface area contributed by atoms with Crippen LogP contribution in [-0.4, -0.2) is 23.2 Å². The maximum atomic E-state index is 12.2. The summed E-state index contributed by atoms with van der Waals surface area (Å²) in [5.41, 5.74) is 4.35. The molecule has 1 aliphatic rings. The van der Waals surface area contributed by atoms with Gasteiger partial charge in [0.1, 0.15) is 0 Å². The maximum absolute atomic E-state index is 12.2. The number of aromatic carboxylic acids is 1. The molecule has 124 valence electrons. The number of carbonyl (C=O) groups is 2. The zero-order valence-electron chi connectivity index (χ0n) is 13.3. The van der Waals surface area contributed by atoms with Crippen LogP contribution in [0.15, 0.2) is 35.4 Å². The minimum Gasteiger partial charge on any atom is -0.478 e. The number of hydrazone groups is 1. The van der Waals surface area contributed by atoms with Crippen LogP contribution in [0.5, 0.6) is 0 Å². The van der Waals surface area contributed by atoms with E-state index in [-0.39, 0.29) is 11.5 Å². The first kappa shape index (κ1) is 16.4. The minimum absolute atomic E-state index is 0.149. The number of carboxylic acid groups (broad SMARTS) is 1. The smallest absolute Gasteiger partial charge is 0.336 e. The van der Waals surface area contributed by atoms with E-state index in [2.05, 4.69) is 17.5 Å². The summed E-state index contributed by atoms with van der Waals surface area (Å²) in [5, 5.41) is 13.0. The van der Waals surface area contributed by atoms with Crippen LogP contribution in [0.2, 0.25) is 0 Å². The van der Waals surface area contributed by atoms with Crippen molar-refractivity contribution in [1.82, 2.24) is 5.43 Å². The van der Waals surface area contributed by atoms with Crippen LogP contribution in [0.3, 0.4) is 0 Å². The van der Waals surface area contributed by atoms with E-state index in [1.54, 1.807) is 18.2 Å². The van der Waals surface area contributed by atoms with Crippen molar-refractivity contribution in [3.05, 3.63) is 56.8 Å². The largest absolute Gasteiger partial charge is 0.478 e. The first-order valence-electron chi connectivity index (χ1n) is 7.82. The Balaban J connectivity index is 1.69. The van der Waals surface area contributed by atoms with E-state index < -0.39 is 5.97 Å². The molecule has 0 spiro atoms. The summed E-state index contributed by atoms with van der Waals surface area (Å²) in [7, 11) is 0. The van der Waals surface area contributed by atoms with Gasteiger partial charge >= 0.3 is 5.97 Å². The summed E-state index contributed by atoms with van der Waals surface area (Å²) >= 11 is 1.52. The van der Waals surface area contributed by atoms with Gasteiger partial charge in [0.05, 0.1) is 16.7 Å². The van der Waals surface area contributed by atoms with E-state index in [0.29, 0.717) is 16.4 Å². The van der Waals surface area contributed by atoms with E-state index in [4.69, 9.17) is 5.11 Å². The number of benzene rings is 1. The van der Waals surface area contributed by atoms with E-state index in [1.807, 2.05) is 6.07 Å². The SMILES string of the molecule is C[C@@H]1CCc2sc(C(=O)NN=Cc3ccccc3C(=O)O)cc2C1. The van der Waals surface area contributed by atoms with E-state index in [0.717, 1.165) is 12.8 Å². The van der Waals surface area contributed by atoms with Gasteiger partial charge in [-0.15, -0.1) is 11.3 Å². The molecule has 0 saturated heterocycles. The molecule has 1 aliphatic carbocycles. The molecule has 0 bridgehead atoms. The van der Waals surface area contributed by atoms with Gasteiger partial charge in [-0.25, -0.2) is 10.2 Å². The second-order valence-electron chi connectivity index (χ2n) is 6.00. The Bertz CT molecular complexity index is 810. The number of nitrogens with one attached hydrogen (secondary N) is 1. The lowest BCUT2D eigenvalue weighted by atomic mass is 9.90. The van der Waals surface area contributed by atoms with E-state index >= 15 is 0 Å². The second kappa shape index (κ2) is 6.97. The van der Waals surface area contributed by atoms with Crippen molar-refractivity contribution in [1.29, 1.82) is 0 Å². The molecule has 0 radical (unpaired) electrons. The number of aryl methyl sites for hydroxylation is 1. The van der Waals surface area contributed by atoms with Gasteiger partial charge in [-0.1, -0.05) is 25.1 Å². The molecule has 3 rings (SSSR count). The molecule has 0 unspecified atom stereocenters. The van der Waals surface area contributed by atoms with Gasteiger partial charge in [-0.3, -0.25) is 4.79 Å². The van der Waals surface area contributed by atoms with Gasteiger partial charge in [0.15, 0.2) is 0 Å². The fourth-order valence-electron chi connectivity index (χ4n) is 2.84. The molecule has 1 aromatic heterocycles. The van der Waals surface area contributed by atoms with Crippen LogP contribution in [-0.2, 0) is 12.8 Å². The summed E-state index contributed by atoms with van der Waals surface area (Å²) in [6, 6.07) is 8.47. The van der Waals surface area contributed by atoms with Crippen LogP contribution in [0.4, 0.5) is 0 Å². The highest BCUT2D eigenvalue weighted by atomic mass is 32.1. The number of carbonyl (C=O) groups excluding carboxylic acids is 1. The number of hydrogen-bond acceptors (Lipinski definition) is 4. The minimum atomic E-state index is -1.02. The molecule has 1 aromatic carbocycles. The zero-order chi connectivity index (χ0) is 17.1. The highest BCUT2D eigenvalue weighted by Crippen LogP contribution is 2.32. The van der Waals surface area contributed by atoms with Crippen LogP contribution in [0.1, 0.15) is 49.4 Å². The first-order chi connectivity index (χ1) is 11.5. The molecule has 1 atom stereocenters. The standard InChI is InChI=1S/C18H18N2O3S/c1-11-6-7-15-13(8-11)9-16(24-15)17(21)20-19-10-12-4-2-3-5-14(12)18(22)23/h2-5,9-11H,6-8H2,1H3,(H,20,21)(H,22,23)/t11-/m1/s1. The normalized spacial score (nSPS) is 16.8.